The van der Waals surface area contributed by atoms with Gasteiger partial charge in [-0.3, -0.25) is 9.59 Å². The summed E-state index contributed by atoms with van der Waals surface area (Å²) >= 11 is 0. The van der Waals surface area contributed by atoms with Crippen molar-refractivity contribution in [1.82, 2.24) is 9.80 Å². The molecule has 1 N–H and O–H groups in total. The van der Waals surface area contributed by atoms with Crippen LogP contribution in [0.5, 0.6) is 5.75 Å². The van der Waals surface area contributed by atoms with Crippen LogP contribution in [0.25, 0.3) is 11.1 Å². The van der Waals surface area contributed by atoms with Crippen LogP contribution in [0.4, 0.5) is 0 Å². The van der Waals surface area contributed by atoms with E-state index in [1.54, 1.807) is 9.80 Å². The van der Waals surface area contributed by atoms with Crippen LogP contribution < -0.4 is 4.74 Å². The van der Waals surface area contributed by atoms with E-state index in [0.717, 1.165) is 36.1 Å². The molecule has 3 fully saturated rings. The predicted octanol–water partition coefficient (Wildman–Crippen LogP) is 3.09. The molecule has 2 aromatic carbocycles. The summed E-state index contributed by atoms with van der Waals surface area (Å²) in [6.07, 6.45) is 4.62. The van der Waals surface area contributed by atoms with Crippen LogP contribution >= 0.6 is 0 Å². The lowest BCUT2D eigenvalue weighted by molar-refractivity contribution is -0.161. The molecule has 0 bridgehead atoms. The van der Waals surface area contributed by atoms with Crippen LogP contribution in [-0.2, 0) is 4.79 Å². The number of ether oxygens (including phenoxy) is 1. The molecule has 1 heterocycles. The first-order chi connectivity index (χ1) is 15.0. The van der Waals surface area contributed by atoms with E-state index in [1.165, 1.54) is 0 Å². The number of nitrogens with zero attached hydrogens (tertiary/aromatic N) is 2. The van der Waals surface area contributed by atoms with Crippen molar-refractivity contribution in [2.45, 2.75) is 43.8 Å². The highest BCUT2D eigenvalue weighted by Gasteiger charge is 2.45. The Morgan fingerprint density at radius 2 is 1.58 bits per heavy atom. The van der Waals surface area contributed by atoms with Crippen molar-refractivity contribution in [3.8, 4) is 16.9 Å². The maximum absolute atomic E-state index is 12.9. The largest absolute Gasteiger partial charge is 0.490 e. The molecule has 1 saturated heterocycles. The number of benzene rings is 2. The number of carbonyl (C=O) groups is 2. The molecule has 6 heteroatoms. The van der Waals surface area contributed by atoms with Crippen LogP contribution in [0.15, 0.2) is 48.5 Å². The molecule has 31 heavy (non-hydrogen) atoms. The first kappa shape index (κ1) is 20.1. The van der Waals surface area contributed by atoms with E-state index in [2.05, 4.69) is 0 Å². The SMILES string of the molecule is O=C(c1ccc(-c2cccc(OC3CC3)c2)cc1)N1CCN(C(=O)C2(O)CCC2)CC1. The average molecular weight is 421 g/mol. The minimum atomic E-state index is -1.16. The highest BCUT2D eigenvalue weighted by Crippen LogP contribution is 2.34. The van der Waals surface area contributed by atoms with Crippen molar-refractivity contribution < 1.29 is 19.4 Å². The first-order valence-corrected chi connectivity index (χ1v) is 11.2. The average Bonchev–Trinajstić information content (AvgIpc) is 3.61. The standard InChI is InChI=1S/C25H28N2O4/c28-23(26-13-15-27(16-14-26)24(29)25(30)11-2-12-25)19-7-5-18(6-8-19)20-3-1-4-22(17-20)31-21-9-10-21/h1,3-8,17,21,30H,2,9-16H2. The zero-order chi connectivity index (χ0) is 21.4. The number of rotatable bonds is 5. The summed E-state index contributed by atoms with van der Waals surface area (Å²) < 4.78 is 5.88. The lowest BCUT2D eigenvalue weighted by atomic mass is 9.79. The molecule has 3 aliphatic rings. The molecule has 162 valence electrons. The Kier molecular flexibility index (Phi) is 5.18. The summed E-state index contributed by atoms with van der Waals surface area (Å²) in [7, 11) is 0. The number of amides is 2. The molecule has 5 rings (SSSR count). The van der Waals surface area contributed by atoms with E-state index in [0.29, 0.717) is 50.7 Å². The van der Waals surface area contributed by atoms with Crippen molar-refractivity contribution in [3.63, 3.8) is 0 Å². The van der Waals surface area contributed by atoms with Gasteiger partial charge in [0.1, 0.15) is 11.4 Å². The van der Waals surface area contributed by atoms with Crippen molar-refractivity contribution >= 4 is 11.8 Å². The Bertz CT molecular complexity index is 971. The number of carbonyl (C=O) groups excluding carboxylic acids is 2. The molecule has 2 aliphatic carbocycles. The monoisotopic (exact) mass is 420 g/mol. The van der Waals surface area contributed by atoms with Gasteiger partial charge in [0.25, 0.3) is 11.8 Å². The van der Waals surface area contributed by atoms with E-state index in [9.17, 15) is 14.7 Å². The maximum Gasteiger partial charge on any atom is 0.254 e. The van der Waals surface area contributed by atoms with Gasteiger partial charge in [0, 0.05) is 31.7 Å². The normalized spacial score (nSPS) is 20.2. The molecular weight excluding hydrogens is 392 g/mol. The quantitative estimate of drug-likeness (QED) is 0.807. The minimum Gasteiger partial charge on any atom is -0.490 e. The third kappa shape index (κ3) is 4.17. The van der Waals surface area contributed by atoms with Gasteiger partial charge in [0.15, 0.2) is 0 Å². The Labute approximate surface area is 182 Å². The van der Waals surface area contributed by atoms with Crippen LogP contribution in [0, 0.1) is 0 Å². The maximum atomic E-state index is 12.9. The fraction of sp³-hybridized carbons (Fsp3) is 0.440. The molecule has 2 aromatic rings. The lowest BCUT2D eigenvalue weighted by Gasteiger charge is -2.42. The van der Waals surface area contributed by atoms with E-state index in [1.807, 2.05) is 48.5 Å². The number of hydrogen-bond donors (Lipinski definition) is 1. The summed E-state index contributed by atoms with van der Waals surface area (Å²) in [6.45, 7) is 1.92. The Morgan fingerprint density at radius 3 is 2.19 bits per heavy atom. The molecule has 0 unspecified atom stereocenters. The second kappa shape index (κ2) is 8.00. The van der Waals surface area contributed by atoms with Crippen molar-refractivity contribution in [2.24, 2.45) is 0 Å². The molecule has 0 spiro atoms. The van der Waals surface area contributed by atoms with Crippen molar-refractivity contribution in [3.05, 3.63) is 54.1 Å². The third-order valence-corrected chi connectivity index (χ3v) is 6.56. The number of hydrogen-bond acceptors (Lipinski definition) is 4. The molecule has 0 radical (unpaired) electrons. The molecule has 0 aromatic heterocycles. The number of aliphatic hydroxyl groups is 1. The summed E-state index contributed by atoms with van der Waals surface area (Å²) in [5.74, 6) is 0.689. The predicted molar refractivity (Wildman–Crippen MR) is 117 cm³/mol. The van der Waals surface area contributed by atoms with Crippen molar-refractivity contribution in [2.75, 3.05) is 26.2 Å². The van der Waals surface area contributed by atoms with E-state index >= 15 is 0 Å². The van der Waals surface area contributed by atoms with Crippen LogP contribution in [0.2, 0.25) is 0 Å². The Balaban J connectivity index is 1.20. The second-order valence-electron chi connectivity index (χ2n) is 8.89. The van der Waals surface area contributed by atoms with E-state index in [4.69, 9.17) is 4.74 Å². The fourth-order valence-electron chi connectivity index (χ4n) is 4.25. The van der Waals surface area contributed by atoms with Gasteiger partial charge in [-0.25, -0.2) is 0 Å². The van der Waals surface area contributed by atoms with Crippen LogP contribution in [-0.4, -0.2) is 64.6 Å². The summed E-state index contributed by atoms with van der Waals surface area (Å²) in [5.41, 5.74) is 1.59. The minimum absolute atomic E-state index is 0.0215. The van der Waals surface area contributed by atoms with Gasteiger partial charge in [0.2, 0.25) is 0 Å². The zero-order valence-corrected chi connectivity index (χ0v) is 17.6. The summed E-state index contributed by atoms with van der Waals surface area (Å²) in [6, 6.07) is 15.7. The molecule has 1 aliphatic heterocycles. The zero-order valence-electron chi connectivity index (χ0n) is 17.6. The van der Waals surface area contributed by atoms with Crippen LogP contribution in [0.3, 0.4) is 0 Å². The van der Waals surface area contributed by atoms with Crippen LogP contribution in [0.1, 0.15) is 42.5 Å². The highest BCUT2D eigenvalue weighted by molar-refractivity contribution is 5.95. The van der Waals surface area contributed by atoms with Crippen molar-refractivity contribution in [1.29, 1.82) is 0 Å². The molecule has 2 saturated carbocycles. The van der Waals surface area contributed by atoms with Gasteiger partial charge < -0.3 is 19.6 Å². The fourth-order valence-corrected chi connectivity index (χ4v) is 4.25. The Hall–Kier alpha value is -2.86. The lowest BCUT2D eigenvalue weighted by Crippen LogP contribution is -2.58. The van der Waals surface area contributed by atoms with Gasteiger partial charge in [-0.05, 0) is 67.5 Å². The molecule has 2 amide bonds. The topological polar surface area (TPSA) is 70.1 Å². The van der Waals surface area contributed by atoms with Gasteiger partial charge in [-0.1, -0.05) is 24.3 Å². The summed E-state index contributed by atoms with van der Waals surface area (Å²) in [5, 5.41) is 10.3. The Morgan fingerprint density at radius 1 is 0.903 bits per heavy atom. The van der Waals surface area contributed by atoms with E-state index in [-0.39, 0.29) is 11.8 Å². The second-order valence-corrected chi connectivity index (χ2v) is 8.89. The molecular formula is C25H28N2O4. The molecule has 6 nitrogen and oxygen atoms in total. The van der Waals surface area contributed by atoms with Gasteiger partial charge in [-0.15, -0.1) is 0 Å². The highest BCUT2D eigenvalue weighted by atomic mass is 16.5. The van der Waals surface area contributed by atoms with Gasteiger partial charge >= 0.3 is 0 Å². The smallest absolute Gasteiger partial charge is 0.254 e. The number of piperazine rings is 1. The van der Waals surface area contributed by atoms with Gasteiger partial charge in [-0.2, -0.15) is 0 Å². The van der Waals surface area contributed by atoms with Gasteiger partial charge in [0.05, 0.1) is 6.10 Å². The summed E-state index contributed by atoms with van der Waals surface area (Å²) in [4.78, 5) is 28.9. The first-order valence-electron chi connectivity index (χ1n) is 11.2. The van der Waals surface area contributed by atoms with E-state index < -0.39 is 5.60 Å². The third-order valence-electron chi connectivity index (χ3n) is 6.56. The molecule has 0 atom stereocenters.